The van der Waals surface area contributed by atoms with Gasteiger partial charge in [0, 0.05) is 21.6 Å². The zero-order valence-electron chi connectivity index (χ0n) is 11.1. The minimum absolute atomic E-state index is 0.311. The summed E-state index contributed by atoms with van der Waals surface area (Å²) >= 11 is 3.36. The van der Waals surface area contributed by atoms with E-state index >= 15 is 0 Å². The third-order valence-electron chi connectivity index (χ3n) is 3.38. The number of hydrogen-bond acceptors (Lipinski definition) is 3. The number of halogens is 2. The first-order valence-electron chi connectivity index (χ1n) is 6.45. The number of rotatable bonds is 3. The van der Waals surface area contributed by atoms with Crippen LogP contribution in [0.4, 0.5) is 4.39 Å². The van der Waals surface area contributed by atoms with Crippen LogP contribution >= 0.6 is 15.9 Å². The molecule has 1 atom stereocenters. The van der Waals surface area contributed by atoms with Crippen LogP contribution in [0.25, 0.3) is 10.9 Å². The van der Waals surface area contributed by atoms with Gasteiger partial charge < -0.3 is 0 Å². The van der Waals surface area contributed by atoms with Crippen LogP contribution in [0.2, 0.25) is 0 Å². The highest BCUT2D eigenvalue weighted by molar-refractivity contribution is 9.10. The van der Waals surface area contributed by atoms with Crippen molar-refractivity contribution in [1.29, 1.82) is 0 Å². The van der Waals surface area contributed by atoms with Gasteiger partial charge in [0.2, 0.25) is 0 Å². The van der Waals surface area contributed by atoms with Crippen molar-refractivity contribution in [3.63, 3.8) is 0 Å². The second-order valence-corrected chi connectivity index (χ2v) is 5.64. The highest BCUT2D eigenvalue weighted by atomic mass is 79.9. The van der Waals surface area contributed by atoms with Crippen LogP contribution < -0.4 is 11.3 Å². The molecule has 0 bridgehead atoms. The zero-order valence-corrected chi connectivity index (χ0v) is 12.6. The molecule has 106 valence electrons. The summed E-state index contributed by atoms with van der Waals surface area (Å²) in [6.07, 6.45) is 1.72. The molecule has 3 N–H and O–H groups in total. The molecule has 0 radical (unpaired) electrons. The molecule has 0 fully saturated rings. The van der Waals surface area contributed by atoms with Gasteiger partial charge in [-0.2, -0.15) is 0 Å². The number of nitrogens with one attached hydrogen (secondary N) is 1. The number of fused-ring (bicyclic) bond motifs is 1. The Bertz CT molecular complexity index is 791. The molecule has 3 rings (SSSR count). The summed E-state index contributed by atoms with van der Waals surface area (Å²) in [5, 5.41) is 0.991. The van der Waals surface area contributed by atoms with Crippen LogP contribution in [0.5, 0.6) is 0 Å². The molecule has 0 aliphatic carbocycles. The molecule has 1 aromatic heterocycles. The van der Waals surface area contributed by atoms with Gasteiger partial charge >= 0.3 is 0 Å². The summed E-state index contributed by atoms with van der Waals surface area (Å²) in [6, 6.07) is 14.1. The Morgan fingerprint density at radius 1 is 1.14 bits per heavy atom. The lowest BCUT2D eigenvalue weighted by Crippen LogP contribution is -2.29. The van der Waals surface area contributed by atoms with Gasteiger partial charge in [0.1, 0.15) is 5.82 Å². The number of pyridine rings is 1. The van der Waals surface area contributed by atoms with Gasteiger partial charge in [-0.1, -0.05) is 34.1 Å². The number of hydrogen-bond donors (Lipinski definition) is 2. The monoisotopic (exact) mass is 345 g/mol. The predicted molar refractivity (Wildman–Crippen MR) is 85.0 cm³/mol. The van der Waals surface area contributed by atoms with E-state index < -0.39 is 6.04 Å². The van der Waals surface area contributed by atoms with Crippen molar-refractivity contribution in [2.24, 2.45) is 5.84 Å². The maximum Gasteiger partial charge on any atom is 0.128 e. The van der Waals surface area contributed by atoms with Crippen molar-refractivity contribution in [1.82, 2.24) is 10.4 Å². The third kappa shape index (κ3) is 2.81. The summed E-state index contributed by atoms with van der Waals surface area (Å²) in [6.45, 7) is 0. The van der Waals surface area contributed by atoms with E-state index in [4.69, 9.17) is 5.84 Å². The summed E-state index contributed by atoms with van der Waals surface area (Å²) in [5.74, 6) is 5.33. The minimum Gasteiger partial charge on any atom is -0.271 e. The SMILES string of the molecule is NNC(c1cnc2ccccc2c1)c1cc(Br)ccc1F. The standard InChI is InChI=1S/C16H13BrFN3/c17-12-5-6-14(18)13(8-12)16(21-19)11-7-10-3-1-2-4-15(10)20-9-11/h1-9,16,21H,19H2. The van der Waals surface area contributed by atoms with Crippen LogP contribution in [0, 0.1) is 5.82 Å². The summed E-state index contributed by atoms with van der Waals surface area (Å²) in [7, 11) is 0. The van der Waals surface area contributed by atoms with Crippen LogP contribution in [0.1, 0.15) is 17.2 Å². The number of nitrogens with zero attached hydrogens (tertiary/aromatic N) is 1. The molecule has 1 heterocycles. The topological polar surface area (TPSA) is 50.9 Å². The van der Waals surface area contributed by atoms with Gasteiger partial charge in [0.25, 0.3) is 0 Å². The first-order valence-corrected chi connectivity index (χ1v) is 7.24. The fourth-order valence-corrected chi connectivity index (χ4v) is 2.73. The van der Waals surface area contributed by atoms with E-state index in [0.29, 0.717) is 5.56 Å². The molecule has 0 saturated heterocycles. The first kappa shape index (κ1) is 14.1. The average molecular weight is 346 g/mol. The Morgan fingerprint density at radius 2 is 1.95 bits per heavy atom. The average Bonchev–Trinajstić information content (AvgIpc) is 2.51. The van der Waals surface area contributed by atoms with Crippen LogP contribution in [0.15, 0.2) is 59.2 Å². The minimum atomic E-state index is -0.459. The van der Waals surface area contributed by atoms with Crippen molar-refractivity contribution in [2.75, 3.05) is 0 Å². The molecule has 1 unspecified atom stereocenters. The predicted octanol–water partition coefficient (Wildman–Crippen LogP) is 3.69. The summed E-state index contributed by atoms with van der Waals surface area (Å²) < 4.78 is 14.9. The van der Waals surface area contributed by atoms with Gasteiger partial charge in [0.05, 0.1) is 11.6 Å². The molecular weight excluding hydrogens is 333 g/mol. The van der Waals surface area contributed by atoms with E-state index in [1.54, 1.807) is 18.3 Å². The largest absolute Gasteiger partial charge is 0.271 e. The number of aromatic nitrogens is 1. The zero-order chi connectivity index (χ0) is 14.8. The van der Waals surface area contributed by atoms with E-state index in [1.807, 2.05) is 30.3 Å². The molecule has 0 saturated carbocycles. The molecular formula is C16H13BrFN3. The maximum atomic E-state index is 14.1. The van der Waals surface area contributed by atoms with Gasteiger partial charge in [-0.05, 0) is 35.9 Å². The summed E-state index contributed by atoms with van der Waals surface area (Å²) in [5.41, 5.74) is 4.85. The van der Waals surface area contributed by atoms with Crippen molar-refractivity contribution in [3.05, 3.63) is 76.1 Å². The fraction of sp³-hybridized carbons (Fsp3) is 0.0625. The number of nitrogens with two attached hydrogens (primary N) is 1. The first-order chi connectivity index (χ1) is 10.2. The Hall–Kier alpha value is -1.82. The van der Waals surface area contributed by atoms with Crippen LogP contribution in [0.3, 0.4) is 0 Å². The van der Waals surface area contributed by atoms with Gasteiger partial charge in [-0.15, -0.1) is 0 Å². The van der Waals surface area contributed by atoms with Crippen molar-refractivity contribution in [2.45, 2.75) is 6.04 Å². The van der Waals surface area contributed by atoms with E-state index in [-0.39, 0.29) is 5.82 Å². The van der Waals surface area contributed by atoms with Gasteiger partial charge in [0.15, 0.2) is 0 Å². The molecule has 0 amide bonds. The van der Waals surface area contributed by atoms with Crippen molar-refractivity contribution >= 4 is 26.8 Å². The number of hydrazine groups is 1. The van der Waals surface area contributed by atoms with Crippen molar-refractivity contribution in [3.8, 4) is 0 Å². The molecule has 21 heavy (non-hydrogen) atoms. The molecule has 0 spiro atoms. The number of para-hydroxylation sites is 1. The third-order valence-corrected chi connectivity index (χ3v) is 3.87. The van der Waals surface area contributed by atoms with Gasteiger partial charge in [-0.3, -0.25) is 10.8 Å². The van der Waals surface area contributed by atoms with Gasteiger partial charge in [-0.25, -0.2) is 9.82 Å². The Kier molecular flexibility index (Phi) is 3.96. The highest BCUT2D eigenvalue weighted by Gasteiger charge is 2.17. The van der Waals surface area contributed by atoms with Crippen molar-refractivity contribution < 1.29 is 4.39 Å². The van der Waals surface area contributed by atoms with E-state index in [9.17, 15) is 4.39 Å². The molecule has 2 aromatic carbocycles. The smallest absolute Gasteiger partial charge is 0.128 e. The van der Waals surface area contributed by atoms with E-state index in [2.05, 4.69) is 26.3 Å². The Balaban J connectivity index is 2.11. The quantitative estimate of drug-likeness (QED) is 0.562. The second kappa shape index (κ2) is 5.89. The molecule has 0 aliphatic heterocycles. The lowest BCUT2D eigenvalue weighted by molar-refractivity contribution is 0.559. The fourth-order valence-electron chi connectivity index (χ4n) is 2.35. The van der Waals surface area contributed by atoms with E-state index in [1.165, 1.54) is 6.07 Å². The molecule has 0 aliphatic rings. The van der Waals surface area contributed by atoms with Crippen LogP contribution in [-0.4, -0.2) is 4.98 Å². The highest BCUT2D eigenvalue weighted by Crippen LogP contribution is 2.27. The summed E-state index contributed by atoms with van der Waals surface area (Å²) in [4.78, 5) is 4.40. The Labute approximate surface area is 130 Å². The molecule has 3 aromatic rings. The molecule has 5 heteroatoms. The van der Waals surface area contributed by atoms with E-state index in [0.717, 1.165) is 20.9 Å². The lowest BCUT2D eigenvalue weighted by atomic mass is 9.99. The molecule has 3 nitrogen and oxygen atoms in total. The maximum absolute atomic E-state index is 14.1. The normalized spacial score (nSPS) is 12.5. The number of benzene rings is 2. The Morgan fingerprint density at radius 3 is 2.76 bits per heavy atom. The second-order valence-electron chi connectivity index (χ2n) is 4.73. The van der Waals surface area contributed by atoms with Crippen LogP contribution in [-0.2, 0) is 0 Å². The lowest BCUT2D eigenvalue weighted by Gasteiger charge is -2.18.